The summed E-state index contributed by atoms with van der Waals surface area (Å²) in [7, 11) is 3.06. The highest BCUT2D eigenvalue weighted by Gasteiger charge is 2.30. The highest BCUT2D eigenvalue weighted by atomic mass is 16.6. The van der Waals surface area contributed by atoms with Gasteiger partial charge in [0.05, 0.1) is 11.8 Å². The number of amides is 2. The smallest absolute Gasteiger partial charge is 0.405 e. The molecule has 1 unspecified atom stereocenters. The van der Waals surface area contributed by atoms with Gasteiger partial charge in [-0.1, -0.05) is 52.0 Å². The van der Waals surface area contributed by atoms with Gasteiger partial charge in [-0.3, -0.25) is 4.79 Å². The molecule has 0 spiro atoms. The van der Waals surface area contributed by atoms with Crippen LogP contribution in [0.5, 0.6) is 11.5 Å². The maximum Gasteiger partial charge on any atom is 0.405 e. The van der Waals surface area contributed by atoms with E-state index in [9.17, 15) is 19.8 Å². The first kappa shape index (κ1) is 31.9. The van der Waals surface area contributed by atoms with Crippen molar-refractivity contribution in [3.63, 3.8) is 0 Å². The van der Waals surface area contributed by atoms with Gasteiger partial charge in [-0.25, -0.2) is 4.79 Å². The summed E-state index contributed by atoms with van der Waals surface area (Å²) in [6.45, 7) is 12.0. The molecular formula is C30H44N2O7. The fraction of sp³-hybridized carbons (Fsp3) is 0.533. The van der Waals surface area contributed by atoms with Gasteiger partial charge in [0.15, 0.2) is 6.10 Å². The van der Waals surface area contributed by atoms with Crippen molar-refractivity contribution < 1.29 is 34.0 Å². The highest BCUT2D eigenvalue weighted by molar-refractivity contribution is 6.04. The zero-order chi connectivity index (χ0) is 29.4. The molecule has 0 aliphatic carbocycles. The number of carbonyl (C=O) groups excluding carboxylic acids is 2. The lowest BCUT2D eigenvalue weighted by molar-refractivity contribution is -0.112. The summed E-state index contributed by atoms with van der Waals surface area (Å²) in [4.78, 5) is 24.6. The second-order valence-electron chi connectivity index (χ2n) is 10.7. The van der Waals surface area contributed by atoms with Gasteiger partial charge in [-0.15, -0.1) is 0 Å². The Morgan fingerprint density at radius 1 is 1.03 bits per heavy atom. The number of allylic oxidation sites excluding steroid dienone is 3. The Bertz CT molecular complexity index is 1110. The van der Waals surface area contributed by atoms with Crippen LogP contribution in [0.3, 0.4) is 0 Å². The van der Waals surface area contributed by atoms with E-state index < -0.39 is 30.3 Å². The first-order valence-corrected chi connectivity index (χ1v) is 13.2. The van der Waals surface area contributed by atoms with Crippen LogP contribution in [-0.4, -0.2) is 48.6 Å². The van der Waals surface area contributed by atoms with Crippen LogP contribution < -0.4 is 11.1 Å². The summed E-state index contributed by atoms with van der Waals surface area (Å²) >= 11 is 0. The standard InChI is InChI=1S/C30H44N2O7/c1-16-10-9-11-25(37-7)28(39-30(31)36)20(5)13-18(3)21(6)17(2)12-19(4)27(38-8)23-14-22(33)15-24(26(23)34)32-29(16)35/h9-11,13-15,17-19,21,25,27-28,33-34H,12H2,1-8H3,(H2,31,36)(H,32,35)/b11-9-,16-10+,20-13+/t17-,18-,19-,21-,25?,27+,28-/m0/s1. The Kier molecular flexibility index (Phi) is 11.6. The summed E-state index contributed by atoms with van der Waals surface area (Å²) in [5.41, 5.74) is 6.99. The third kappa shape index (κ3) is 8.34. The molecular weight excluding hydrogens is 500 g/mol. The lowest BCUT2D eigenvalue weighted by Crippen LogP contribution is -2.35. The maximum absolute atomic E-state index is 12.9. The number of anilines is 1. The van der Waals surface area contributed by atoms with Crippen LogP contribution in [0.2, 0.25) is 0 Å². The van der Waals surface area contributed by atoms with Crippen molar-refractivity contribution in [1.29, 1.82) is 0 Å². The topological polar surface area (TPSA) is 140 Å². The minimum absolute atomic E-state index is 0.0299. The van der Waals surface area contributed by atoms with Gasteiger partial charge in [0, 0.05) is 31.4 Å². The van der Waals surface area contributed by atoms with Gasteiger partial charge in [-0.2, -0.15) is 0 Å². The first-order valence-electron chi connectivity index (χ1n) is 13.2. The fourth-order valence-electron chi connectivity index (χ4n) is 5.18. The lowest BCUT2D eigenvalue weighted by atomic mass is 9.77. The number of nitrogens with one attached hydrogen (secondary N) is 1. The molecule has 2 amide bonds. The van der Waals surface area contributed by atoms with Crippen molar-refractivity contribution in [3.05, 3.63) is 53.1 Å². The van der Waals surface area contributed by atoms with Crippen molar-refractivity contribution >= 4 is 17.7 Å². The van der Waals surface area contributed by atoms with Crippen LogP contribution in [0.25, 0.3) is 0 Å². The predicted octanol–water partition coefficient (Wildman–Crippen LogP) is 5.60. The molecule has 2 bridgehead atoms. The number of carbonyl (C=O) groups is 2. The Balaban J connectivity index is 2.63. The maximum atomic E-state index is 12.9. The molecule has 0 fully saturated rings. The molecule has 0 saturated carbocycles. The molecule has 216 valence electrons. The average Bonchev–Trinajstić information content (AvgIpc) is 2.86. The van der Waals surface area contributed by atoms with E-state index in [0.29, 0.717) is 11.1 Å². The normalized spacial score (nSPS) is 32.7. The second kappa shape index (κ2) is 14.2. The third-order valence-corrected chi connectivity index (χ3v) is 7.71. The monoisotopic (exact) mass is 544 g/mol. The van der Waals surface area contributed by atoms with Crippen LogP contribution in [0, 0.1) is 23.7 Å². The van der Waals surface area contributed by atoms with Crippen molar-refractivity contribution in [3.8, 4) is 11.5 Å². The van der Waals surface area contributed by atoms with E-state index in [1.54, 1.807) is 32.3 Å². The van der Waals surface area contributed by atoms with Crippen LogP contribution in [0.1, 0.15) is 59.6 Å². The van der Waals surface area contributed by atoms with Crippen molar-refractivity contribution in [2.45, 2.75) is 66.3 Å². The molecule has 2 rings (SSSR count). The van der Waals surface area contributed by atoms with E-state index in [1.807, 2.05) is 13.8 Å². The molecule has 1 aliphatic heterocycles. The molecule has 5 N–H and O–H groups in total. The van der Waals surface area contributed by atoms with Gasteiger partial charge in [0.1, 0.15) is 17.6 Å². The van der Waals surface area contributed by atoms with Crippen LogP contribution >= 0.6 is 0 Å². The van der Waals surface area contributed by atoms with Crippen molar-refractivity contribution in [1.82, 2.24) is 0 Å². The number of rotatable bonds is 3. The summed E-state index contributed by atoms with van der Waals surface area (Å²) in [5.74, 6) is -0.141. The Morgan fingerprint density at radius 2 is 1.69 bits per heavy atom. The summed E-state index contributed by atoms with van der Waals surface area (Å²) in [6, 6.07) is 2.77. The number of ether oxygens (including phenoxy) is 3. The molecule has 39 heavy (non-hydrogen) atoms. The minimum Gasteiger partial charge on any atom is -0.508 e. The number of fused-ring (bicyclic) bond motifs is 2. The van der Waals surface area contributed by atoms with Crippen molar-refractivity contribution in [2.75, 3.05) is 19.5 Å². The average molecular weight is 545 g/mol. The number of benzene rings is 1. The molecule has 0 aromatic heterocycles. The van der Waals surface area contributed by atoms with Crippen LogP contribution in [-0.2, 0) is 19.0 Å². The number of aromatic hydroxyl groups is 2. The number of phenols is 2. The second-order valence-corrected chi connectivity index (χ2v) is 10.7. The number of nitrogens with two attached hydrogens (primary N) is 1. The van der Waals surface area contributed by atoms with Gasteiger partial charge in [-0.05, 0) is 55.6 Å². The Morgan fingerprint density at radius 3 is 2.28 bits per heavy atom. The third-order valence-electron chi connectivity index (χ3n) is 7.71. The van der Waals surface area contributed by atoms with Gasteiger partial charge < -0.3 is 35.5 Å². The molecule has 1 aromatic carbocycles. The van der Waals surface area contributed by atoms with Gasteiger partial charge in [0.25, 0.3) is 5.91 Å². The minimum atomic E-state index is -0.911. The largest absolute Gasteiger partial charge is 0.508 e. The zero-order valence-electron chi connectivity index (χ0n) is 24.2. The number of hydrogen-bond acceptors (Lipinski definition) is 7. The number of phenolic OH excluding ortho intramolecular Hbond substituents is 2. The fourth-order valence-corrected chi connectivity index (χ4v) is 5.18. The number of primary amides is 1. The highest BCUT2D eigenvalue weighted by Crippen LogP contribution is 2.42. The van der Waals surface area contributed by atoms with Crippen LogP contribution in [0.15, 0.2) is 47.6 Å². The zero-order valence-corrected chi connectivity index (χ0v) is 24.2. The van der Waals surface area contributed by atoms with Gasteiger partial charge in [0.2, 0.25) is 0 Å². The lowest BCUT2D eigenvalue weighted by Gasteiger charge is -2.31. The molecule has 1 aromatic rings. The van der Waals surface area contributed by atoms with E-state index in [4.69, 9.17) is 19.9 Å². The molecule has 1 heterocycles. The molecule has 0 saturated heterocycles. The molecule has 9 nitrogen and oxygen atoms in total. The SMILES string of the molecule is COC1/C=C\C=C(/C)C(=O)Nc2cc(O)cc(c2O)[C@H](OC)[C@@H](C)C[C@H](C)[C@H](C)[C@@H](C)/C=C(\C)[C@@H]1OC(N)=O. The van der Waals surface area contributed by atoms with E-state index >= 15 is 0 Å². The van der Waals surface area contributed by atoms with Crippen molar-refractivity contribution in [2.24, 2.45) is 29.4 Å². The summed E-state index contributed by atoms with van der Waals surface area (Å²) in [6.07, 6.45) is 4.89. The van der Waals surface area contributed by atoms with E-state index in [-0.39, 0.29) is 40.9 Å². The first-order chi connectivity index (χ1) is 18.3. The molecule has 1 aliphatic rings. The molecule has 0 radical (unpaired) electrons. The predicted molar refractivity (Wildman–Crippen MR) is 151 cm³/mol. The number of hydrogen-bond donors (Lipinski definition) is 4. The summed E-state index contributed by atoms with van der Waals surface area (Å²) < 4.78 is 16.9. The van der Waals surface area contributed by atoms with E-state index in [0.717, 1.165) is 12.0 Å². The Labute approximate surface area is 231 Å². The van der Waals surface area contributed by atoms with E-state index in [2.05, 4.69) is 32.2 Å². The Hall–Kier alpha value is -3.30. The quantitative estimate of drug-likeness (QED) is 0.221. The van der Waals surface area contributed by atoms with Gasteiger partial charge >= 0.3 is 6.09 Å². The van der Waals surface area contributed by atoms with E-state index in [1.165, 1.54) is 19.2 Å². The number of methoxy groups -OCH3 is 2. The summed E-state index contributed by atoms with van der Waals surface area (Å²) in [5, 5.41) is 24.1. The molecule has 9 heteroatoms. The molecule has 7 atom stereocenters. The van der Waals surface area contributed by atoms with Crippen LogP contribution in [0.4, 0.5) is 10.5 Å².